The third-order valence-corrected chi connectivity index (χ3v) is 4.98. The van der Waals surface area contributed by atoms with Crippen molar-refractivity contribution in [2.45, 2.75) is 6.42 Å². The van der Waals surface area contributed by atoms with Crippen LogP contribution in [0.25, 0.3) is 11.1 Å². The van der Waals surface area contributed by atoms with Gasteiger partial charge in [0.2, 0.25) is 5.88 Å². The smallest absolute Gasteiger partial charge is 0.260 e. The summed E-state index contributed by atoms with van der Waals surface area (Å²) in [6.45, 7) is 1.55. The average Bonchev–Trinajstić information content (AvgIpc) is 3.17. The van der Waals surface area contributed by atoms with Crippen molar-refractivity contribution in [1.82, 2.24) is 10.1 Å². The molecule has 0 atom stereocenters. The number of nitrogens with one attached hydrogen (secondary N) is 1. The van der Waals surface area contributed by atoms with Gasteiger partial charge in [0.25, 0.3) is 5.91 Å². The fourth-order valence-electron chi connectivity index (χ4n) is 2.98. The third-order valence-electron chi connectivity index (χ3n) is 4.54. The molecule has 0 unspecified atom stereocenters. The number of methoxy groups -OCH3 is 1. The standard InChI is InChI=1S/C19H16BrFN4O3/c1-27-19-12(3-4-17(20)24-19)13-7-14(21)16(25-5-2-6-25)8-15(13)23-18(26)11-9-22-28-10-11/h3-4,7-10H,2,5-6H2,1H3,(H,23,26). The van der Waals surface area contributed by atoms with Gasteiger partial charge in [-0.3, -0.25) is 4.79 Å². The Labute approximate surface area is 168 Å². The highest BCUT2D eigenvalue weighted by Gasteiger charge is 2.23. The van der Waals surface area contributed by atoms with Crippen LogP contribution in [0.15, 0.2) is 45.9 Å². The van der Waals surface area contributed by atoms with Crippen LogP contribution in [0.5, 0.6) is 5.88 Å². The van der Waals surface area contributed by atoms with E-state index in [-0.39, 0.29) is 11.4 Å². The summed E-state index contributed by atoms with van der Waals surface area (Å²) in [4.78, 5) is 18.7. The van der Waals surface area contributed by atoms with Gasteiger partial charge in [-0.05, 0) is 46.6 Å². The van der Waals surface area contributed by atoms with Crippen molar-refractivity contribution in [2.24, 2.45) is 0 Å². The summed E-state index contributed by atoms with van der Waals surface area (Å²) in [6, 6.07) is 6.51. The molecule has 1 N–H and O–H groups in total. The van der Waals surface area contributed by atoms with Crippen LogP contribution in [0.4, 0.5) is 15.8 Å². The molecule has 1 aliphatic heterocycles. The van der Waals surface area contributed by atoms with Gasteiger partial charge in [0.1, 0.15) is 16.7 Å². The summed E-state index contributed by atoms with van der Waals surface area (Å²) in [6.07, 6.45) is 3.57. The molecule has 9 heteroatoms. The second-order valence-electron chi connectivity index (χ2n) is 6.25. The van der Waals surface area contributed by atoms with E-state index in [1.807, 2.05) is 4.90 Å². The maximum absolute atomic E-state index is 14.9. The minimum atomic E-state index is -0.410. The molecule has 0 spiro atoms. The lowest BCUT2D eigenvalue weighted by Crippen LogP contribution is -2.37. The van der Waals surface area contributed by atoms with Crippen LogP contribution in [0.1, 0.15) is 16.8 Å². The summed E-state index contributed by atoms with van der Waals surface area (Å²) >= 11 is 3.30. The zero-order valence-corrected chi connectivity index (χ0v) is 16.5. The molecule has 0 aliphatic carbocycles. The summed E-state index contributed by atoms with van der Waals surface area (Å²) in [5, 5.41) is 6.37. The number of aromatic nitrogens is 2. The van der Waals surface area contributed by atoms with E-state index in [2.05, 4.69) is 31.4 Å². The van der Waals surface area contributed by atoms with Crippen LogP contribution < -0.4 is 15.0 Å². The quantitative estimate of drug-likeness (QED) is 0.594. The molecule has 4 rings (SSSR count). The number of carbonyl (C=O) groups excluding carboxylic acids is 1. The van der Waals surface area contributed by atoms with Crippen molar-refractivity contribution in [1.29, 1.82) is 0 Å². The van der Waals surface area contributed by atoms with Crippen LogP contribution in [-0.4, -0.2) is 36.2 Å². The number of carbonyl (C=O) groups is 1. The van der Waals surface area contributed by atoms with Gasteiger partial charge in [-0.1, -0.05) is 5.16 Å². The lowest BCUT2D eigenvalue weighted by atomic mass is 10.0. The second-order valence-corrected chi connectivity index (χ2v) is 7.06. The molecule has 28 heavy (non-hydrogen) atoms. The van der Waals surface area contributed by atoms with Crippen molar-refractivity contribution in [3.05, 3.63) is 52.7 Å². The molecule has 1 aromatic carbocycles. The highest BCUT2D eigenvalue weighted by molar-refractivity contribution is 9.10. The van der Waals surface area contributed by atoms with Crippen molar-refractivity contribution >= 4 is 33.2 Å². The first kappa shape index (κ1) is 18.4. The topological polar surface area (TPSA) is 80.5 Å². The van der Waals surface area contributed by atoms with Gasteiger partial charge in [-0.25, -0.2) is 9.37 Å². The fourth-order valence-corrected chi connectivity index (χ4v) is 3.27. The van der Waals surface area contributed by atoms with E-state index in [0.717, 1.165) is 19.5 Å². The largest absolute Gasteiger partial charge is 0.481 e. The number of rotatable bonds is 5. The lowest BCUT2D eigenvalue weighted by molar-refractivity contribution is 0.102. The Morgan fingerprint density at radius 1 is 1.32 bits per heavy atom. The molecule has 0 saturated carbocycles. The first-order valence-corrected chi connectivity index (χ1v) is 9.36. The number of nitrogens with zero attached hydrogens (tertiary/aromatic N) is 3. The normalized spacial score (nSPS) is 13.2. The van der Waals surface area contributed by atoms with Gasteiger partial charge in [0.05, 0.1) is 30.2 Å². The SMILES string of the molecule is COc1nc(Br)ccc1-c1cc(F)c(N2CCC2)cc1NC(=O)c1cnoc1. The van der Waals surface area contributed by atoms with Gasteiger partial charge in [0, 0.05) is 24.2 Å². The van der Waals surface area contributed by atoms with Crippen LogP contribution in [0.3, 0.4) is 0 Å². The fraction of sp³-hybridized carbons (Fsp3) is 0.211. The van der Waals surface area contributed by atoms with Crippen molar-refractivity contribution in [3.8, 4) is 17.0 Å². The number of halogens is 2. The van der Waals surface area contributed by atoms with Crippen molar-refractivity contribution in [3.63, 3.8) is 0 Å². The number of anilines is 2. The maximum atomic E-state index is 14.9. The van der Waals surface area contributed by atoms with E-state index in [9.17, 15) is 9.18 Å². The molecule has 3 aromatic rings. The van der Waals surface area contributed by atoms with E-state index in [0.29, 0.717) is 33.0 Å². The molecule has 1 amide bonds. The van der Waals surface area contributed by atoms with Gasteiger partial charge in [-0.15, -0.1) is 0 Å². The van der Waals surface area contributed by atoms with E-state index in [1.54, 1.807) is 18.2 Å². The molecule has 0 bridgehead atoms. The number of hydrogen-bond donors (Lipinski definition) is 1. The number of ether oxygens (including phenoxy) is 1. The van der Waals surface area contributed by atoms with Crippen LogP contribution in [-0.2, 0) is 0 Å². The molecule has 0 radical (unpaired) electrons. The Bertz CT molecular complexity index is 1020. The zero-order valence-electron chi connectivity index (χ0n) is 14.9. The van der Waals surface area contributed by atoms with Crippen LogP contribution >= 0.6 is 15.9 Å². The van der Waals surface area contributed by atoms with E-state index >= 15 is 0 Å². The van der Waals surface area contributed by atoms with Crippen molar-refractivity contribution < 1.29 is 18.4 Å². The molecular weight excluding hydrogens is 431 g/mol. The number of pyridine rings is 1. The third kappa shape index (κ3) is 3.45. The monoisotopic (exact) mass is 446 g/mol. The Morgan fingerprint density at radius 2 is 2.14 bits per heavy atom. The van der Waals surface area contributed by atoms with Gasteiger partial charge >= 0.3 is 0 Å². The highest BCUT2D eigenvalue weighted by Crippen LogP contribution is 2.39. The molecule has 144 valence electrons. The lowest BCUT2D eigenvalue weighted by Gasteiger charge is -2.34. The minimum absolute atomic E-state index is 0.265. The molecule has 2 aromatic heterocycles. The average molecular weight is 447 g/mol. The molecule has 1 fully saturated rings. The predicted molar refractivity (Wildman–Crippen MR) is 105 cm³/mol. The summed E-state index contributed by atoms with van der Waals surface area (Å²) < 4.78 is 25.5. The number of benzene rings is 1. The minimum Gasteiger partial charge on any atom is -0.481 e. The Hall–Kier alpha value is -2.94. The van der Waals surface area contributed by atoms with Gasteiger partial charge in [0.15, 0.2) is 0 Å². The summed E-state index contributed by atoms with van der Waals surface area (Å²) in [7, 11) is 1.48. The Balaban J connectivity index is 1.82. The Morgan fingerprint density at radius 3 is 2.79 bits per heavy atom. The summed E-state index contributed by atoms with van der Waals surface area (Å²) in [5.74, 6) is -0.471. The molecule has 3 heterocycles. The van der Waals surface area contributed by atoms with Gasteiger partial charge in [-0.2, -0.15) is 0 Å². The number of hydrogen-bond acceptors (Lipinski definition) is 6. The Kier molecular flexibility index (Phi) is 4.99. The maximum Gasteiger partial charge on any atom is 0.260 e. The summed E-state index contributed by atoms with van der Waals surface area (Å²) in [5.41, 5.74) is 2.17. The second kappa shape index (κ2) is 7.59. The highest BCUT2D eigenvalue weighted by atomic mass is 79.9. The predicted octanol–water partition coefficient (Wildman–Crippen LogP) is 4.11. The van der Waals surface area contributed by atoms with E-state index < -0.39 is 5.91 Å². The van der Waals surface area contributed by atoms with Crippen molar-refractivity contribution in [2.75, 3.05) is 30.4 Å². The van der Waals surface area contributed by atoms with E-state index in [1.165, 1.54) is 25.6 Å². The first-order valence-electron chi connectivity index (χ1n) is 8.57. The number of amides is 1. The van der Waals surface area contributed by atoms with Crippen LogP contribution in [0, 0.1) is 5.82 Å². The first-order chi connectivity index (χ1) is 13.6. The zero-order chi connectivity index (χ0) is 19.7. The molecule has 1 aliphatic rings. The molecular formula is C19H16BrFN4O3. The molecule has 1 saturated heterocycles. The van der Waals surface area contributed by atoms with E-state index in [4.69, 9.17) is 9.26 Å². The molecule has 7 nitrogen and oxygen atoms in total. The van der Waals surface area contributed by atoms with Gasteiger partial charge < -0.3 is 19.5 Å². The van der Waals surface area contributed by atoms with Crippen LogP contribution in [0.2, 0.25) is 0 Å².